The molecule has 2 rings (SSSR count). The van der Waals surface area contributed by atoms with Crippen LogP contribution in [0.1, 0.15) is 5.56 Å². The summed E-state index contributed by atoms with van der Waals surface area (Å²) in [5, 5.41) is 5.16. The number of hydrogen-bond donors (Lipinski definition) is 2. The van der Waals surface area contributed by atoms with Crippen LogP contribution in [0.5, 0.6) is 0 Å². The Labute approximate surface area is 143 Å². The lowest BCUT2D eigenvalue weighted by molar-refractivity contribution is -0.136. The number of carbonyl (C=O) groups excluding carboxylic acids is 2. The van der Waals surface area contributed by atoms with Gasteiger partial charge in [0.15, 0.2) is 0 Å². The molecule has 0 aliphatic rings. The maximum absolute atomic E-state index is 11.8. The van der Waals surface area contributed by atoms with Gasteiger partial charge in [-0.2, -0.15) is 0 Å². The zero-order valence-electron chi connectivity index (χ0n) is 13.0. The molecule has 0 saturated heterocycles. The third-order valence-electron chi connectivity index (χ3n) is 3.19. The Morgan fingerprint density at radius 1 is 1.04 bits per heavy atom. The van der Waals surface area contributed by atoms with Gasteiger partial charge in [-0.05, 0) is 35.9 Å². The normalized spacial score (nSPS) is 10.0. The van der Waals surface area contributed by atoms with Gasteiger partial charge in [-0.25, -0.2) is 0 Å². The summed E-state index contributed by atoms with van der Waals surface area (Å²) in [5.74, 6) is -1.35. The van der Waals surface area contributed by atoms with Gasteiger partial charge in [0.2, 0.25) is 0 Å². The third-order valence-corrected chi connectivity index (χ3v) is 3.69. The zero-order valence-corrected chi connectivity index (χ0v) is 14.6. The molecule has 2 N–H and O–H groups in total. The maximum atomic E-state index is 11.8. The van der Waals surface area contributed by atoms with E-state index in [-0.39, 0.29) is 0 Å². The molecule has 23 heavy (non-hydrogen) atoms. The minimum atomic E-state index is -0.687. The van der Waals surface area contributed by atoms with E-state index in [2.05, 4.69) is 26.6 Å². The molecule has 0 radical (unpaired) electrons. The first-order chi connectivity index (χ1) is 11.0. The number of rotatable bonds is 4. The van der Waals surface area contributed by atoms with E-state index >= 15 is 0 Å². The molecule has 0 unspecified atom stereocenters. The highest BCUT2D eigenvalue weighted by molar-refractivity contribution is 9.10. The molecule has 0 saturated carbocycles. The van der Waals surface area contributed by atoms with Gasteiger partial charge in [0.1, 0.15) is 0 Å². The highest BCUT2D eigenvalue weighted by atomic mass is 79.9. The third kappa shape index (κ3) is 5.10. The largest absolute Gasteiger partial charge is 0.378 e. The van der Waals surface area contributed by atoms with Gasteiger partial charge in [-0.1, -0.05) is 34.1 Å². The van der Waals surface area contributed by atoms with Crippen molar-refractivity contribution in [2.24, 2.45) is 0 Å². The van der Waals surface area contributed by atoms with Gasteiger partial charge < -0.3 is 15.5 Å². The Hall–Kier alpha value is -2.34. The van der Waals surface area contributed by atoms with Crippen LogP contribution in [0, 0.1) is 0 Å². The number of nitrogens with zero attached hydrogens (tertiary/aromatic N) is 1. The Bertz CT molecular complexity index is 699. The van der Waals surface area contributed by atoms with Crippen LogP contribution in [-0.4, -0.2) is 25.9 Å². The van der Waals surface area contributed by atoms with E-state index in [1.54, 1.807) is 18.2 Å². The summed E-state index contributed by atoms with van der Waals surface area (Å²) in [4.78, 5) is 25.7. The number of anilines is 2. The summed E-state index contributed by atoms with van der Waals surface area (Å²) in [6.45, 7) is 0.304. The van der Waals surface area contributed by atoms with Crippen molar-refractivity contribution < 1.29 is 9.59 Å². The fourth-order valence-corrected chi connectivity index (χ4v) is 2.33. The molecule has 0 bridgehead atoms. The Kier molecular flexibility index (Phi) is 5.76. The molecule has 0 aromatic heterocycles. The van der Waals surface area contributed by atoms with Gasteiger partial charge in [-0.3, -0.25) is 9.59 Å². The van der Waals surface area contributed by atoms with Gasteiger partial charge in [0, 0.05) is 36.5 Å². The summed E-state index contributed by atoms with van der Waals surface area (Å²) in [6.07, 6.45) is 0. The van der Waals surface area contributed by atoms with E-state index in [0.29, 0.717) is 12.2 Å². The van der Waals surface area contributed by atoms with Crippen molar-refractivity contribution in [3.8, 4) is 0 Å². The van der Waals surface area contributed by atoms with E-state index in [9.17, 15) is 9.59 Å². The van der Waals surface area contributed by atoms with Crippen LogP contribution >= 0.6 is 15.9 Å². The van der Waals surface area contributed by atoms with Gasteiger partial charge >= 0.3 is 11.8 Å². The average Bonchev–Trinajstić information content (AvgIpc) is 2.53. The van der Waals surface area contributed by atoms with Crippen LogP contribution in [0.4, 0.5) is 11.4 Å². The van der Waals surface area contributed by atoms with Crippen LogP contribution in [0.3, 0.4) is 0 Å². The standard InChI is InChI=1S/C17H18BrN3O2/c1-21(2)15-8-6-12(7-9-15)11-19-16(22)17(23)20-14-5-3-4-13(18)10-14/h3-10H,11H2,1-2H3,(H,19,22)(H,20,23). The van der Waals surface area contributed by atoms with Gasteiger partial charge in [-0.15, -0.1) is 0 Å². The molecule has 0 aliphatic carbocycles. The van der Waals surface area contributed by atoms with Crippen molar-refractivity contribution in [2.75, 3.05) is 24.3 Å². The number of amides is 2. The van der Waals surface area contributed by atoms with Crippen LogP contribution < -0.4 is 15.5 Å². The highest BCUT2D eigenvalue weighted by Gasteiger charge is 2.13. The monoisotopic (exact) mass is 375 g/mol. The molecule has 2 aromatic carbocycles. The van der Waals surface area contributed by atoms with E-state index in [0.717, 1.165) is 15.7 Å². The quantitative estimate of drug-likeness (QED) is 0.807. The van der Waals surface area contributed by atoms with E-state index in [1.807, 2.05) is 49.3 Å². The summed E-state index contributed by atoms with van der Waals surface area (Å²) >= 11 is 3.31. The van der Waals surface area contributed by atoms with Crippen molar-refractivity contribution >= 4 is 39.1 Å². The van der Waals surface area contributed by atoms with Crippen molar-refractivity contribution in [1.29, 1.82) is 0 Å². The molecule has 2 aromatic rings. The number of nitrogens with one attached hydrogen (secondary N) is 2. The molecule has 6 heteroatoms. The zero-order chi connectivity index (χ0) is 16.8. The lowest BCUT2D eigenvalue weighted by Crippen LogP contribution is -2.34. The summed E-state index contributed by atoms with van der Waals surface area (Å²) in [7, 11) is 3.92. The molecular formula is C17H18BrN3O2. The van der Waals surface area contributed by atoms with E-state index in [1.165, 1.54) is 0 Å². The Balaban J connectivity index is 1.87. The minimum Gasteiger partial charge on any atom is -0.378 e. The molecule has 0 aliphatic heterocycles. The van der Waals surface area contributed by atoms with Crippen LogP contribution in [0.25, 0.3) is 0 Å². The molecule has 5 nitrogen and oxygen atoms in total. The first-order valence-electron chi connectivity index (χ1n) is 7.07. The van der Waals surface area contributed by atoms with Crippen LogP contribution in [0.2, 0.25) is 0 Å². The fraction of sp³-hybridized carbons (Fsp3) is 0.176. The Morgan fingerprint density at radius 3 is 2.35 bits per heavy atom. The molecule has 0 heterocycles. The van der Waals surface area contributed by atoms with Gasteiger partial charge in [0.25, 0.3) is 0 Å². The SMILES string of the molecule is CN(C)c1ccc(CNC(=O)C(=O)Nc2cccc(Br)c2)cc1. The summed E-state index contributed by atoms with van der Waals surface area (Å²) in [6, 6.07) is 14.8. The summed E-state index contributed by atoms with van der Waals surface area (Å²) in [5.41, 5.74) is 2.57. The first-order valence-corrected chi connectivity index (χ1v) is 7.86. The lowest BCUT2D eigenvalue weighted by Gasteiger charge is -2.13. The fourth-order valence-electron chi connectivity index (χ4n) is 1.93. The molecular weight excluding hydrogens is 358 g/mol. The first kappa shape index (κ1) is 17.0. The molecule has 2 amide bonds. The minimum absolute atomic E-state index is 0.304. The van der Waals surface area contributed by atoms with Gasteiger partial charge in [0.05, 0.1) is 0 Å². The number of halogens is 1. The molecule has 0 fully saturated rings. The van der Waals surface area contributed by atoms with Crippen LogP contribution in [0.15, 0.2) is 53.0 Å². The van der Waals surface area contributed by atoms with Crippen molar-refractivity contribution in [3.63, 3.8) is 0 Å². The lowest BCUT2D eigenvalue weighted by atomic mass is 10.2. The Morgan fingerprint density at radius 2 is 1.74 bits per heavy atom. The molecule has 120 valence electrons. The second-order valence-corrected chi connectivity index (χ2v) is 6.12. The van der Waals surface area contributed by atoms with Crippen molar-refractivity contribution in [2.45, 2.75) is 6.54 Å². The number of benzene rings is 2. The van der Waals surface area contributed by atoms with Crippen molar-refractivity contribution in [3.05, 3.63) is 58.6 Å². The number of hydrogen-bond acceptors (Lipinski definition) is 3. The predicted molar refractivity (Wildman–Crippen MR) is 95.4 cm³/mol. The predicted octanol–water partition coefficient (Wildman–Crippen LogP) is 2.77. The summed E-state index contributed by atoms with van der Waals surface area (Å²) < 4.78 is 0.830. The van der Waals surface area contributed by atoms with Crippen molar-refractivity contribution in [1.82, 2.24) is 5.32 Å². The smallest absolute Gasteiger partial charge is 0.313 e. The average molecular weight is 376 g/mol. The van der Waals surface area contributed by atoms with E-state index < -0.39 is 11.8 Å². The highest BCUT2D eigenvalue weighted by Crippen LogP contribution is 2.15. The van der Waals surface area contributed by atoms with E-state index in [4.69, 9.17) is 0 Å². The molecule has 0 spiro atoms. The van der Waals surface area contributed by atoms with Crippen LogP contribution in [-0.2, 0) is 16.1 Å². The maximum Gasteiger partial charge on any atom is 0.313 e. The second kappa shape index (κ2) is 7.78. The second-order valence-electron chi connectivity index (χ2n) is 5.21. The molecule has 0 atom stereocenters. The topological polar surface area (TPSA) is 61.4 Å². The number of carbonyl (C=O) groups is 2.